The number of amides is 2. The van der Waals surface area contributed by atoms with Crippen LogP contribution in [0.15, 0.2) is 42.5 Å². The second-order valence-corrected chi connectivity index (χ2v) is 4.80. The third kappa shape index (κ3) is 4.44. The molecule has 0 spiro atoms. The minimum atomic E-state index is -0.735. The first-order valence-electron chi connectivity index (χ1n) is 7.24. The fraction of sp³-hybridized carbons (Fsp3) is 0.125. The van der Waals surface area contributed by atoms with E-state index < -0.39 is 22.7 Å². The van der Waals surface area contributed by atoms with Gasteiger partial charge in [0.05, 0.1) is 34.5 Å². The van der Waals surface area contributed by atoms with Gasteiger partial charge in [0.2, 0.25) is 0 Å². The summed E-state index contributed by atoms with van der Waals surface area (Å²) in [5, 5.41) is 25.2. The average Bonchev–Trinajstić information content (AvgIpc) is 2.57. The smallest absolute Gasteiger partial charge is 0.340 e. The van der Waals surface area contributed by atoms with Crippen LogP contribution in [0.4, 0.5) is 21.9 Å². The highest BCUT2D eigenvalue weighted by Crippen LogP contribution is 2.28. The lowest BCUT2D eigenvalue weighted by Gasteiger charge is -2.12. The number of ether oxygens (including phenoxy) is 1. The van der Waals surface area contributed by atoms with Gasteiger partial charge in [-0.2, -0.15) is 0 Å². The standard InChI is InChI=1S/C16H15N3O6/c1-2-25-15(21)11-5-3-4-6-12(11)17-16(22)18-13-8-7-10(19(23)24)9-14(13)20/h3-9,20H,2H2,1H3,(H2,17,18,22). The van der Waals surface area contributed by atoms with E-state index in [4.69, 9.17) is 4.74 Å². The Balaban J connectivity index is 2.13. The highest BCUT2D eigenvalue weighted by atomic mass is 16.6. The summed E-state index contributed by atoms with van der Waals surface area (Å²) in [5.41, 5.74) is 0.0695. The number of non-ortho nitro benzene ring substituents is 1. The number of nitrogens with zero attached hydrogens (tertiary/aromatic N) is 1. The summed E-state index contributed by atoms with van der Waals surface area (Å²) in [7, 11) is 0. The number of anilines is 2. The lowest BCUT2D eigenvalue weighted by Crippen LogP contribution is -2.21. The minimum Gasteiger partial charge on any atom is -0.506 e. The van der Waals surface area contributed by atoms with Crippen molar-refractivity contribution in [3.63, 3.8) is 0 Å². The summed E-state index contributed by atoms with van der Waals surface area (Å²) in [6, 6.07) is 8.78. The summed E-state index contributed by atoms with van der Waals surface area (Å²) in [6.07, 6.45) is 0. The Morgan fingerprint density at radius 1 is 1.16 bits per heavy atom. The molecule has 0 heterocycles. The number of carbonyl (C=O) groups excluding carboxylic acids is 2. The van der Waals surface area contributed by atoms with E-state index in [-0.39, 0.29) is 29.2 Å². The van der Waals surface area contributed by atoms with Crippen LogP contribution in [0.2, 0.25) is 0 Å². The van der Waals surface area contributed by atoms with E-state index in [2.05, 4.69) is 10.6 Å². The van der Waals surface area contributed by atoms with Crippen LogP contribution in [0.1, 0.15) is 17.3 Å². The normalized spacial score (nSPS) is 9.96. The number of nitro benzene ring substituents is 1. The molecule has 9 nitrogen and oxygen atoms in total. The van der Waals surface area contributed by atoms with Gasteiger partial charge in [0.15, 0.2) is 0 Å². The largest absolute Gasteiger partial charge is 0.506 e. The molecule has 0 bridgehead atoms. The van der Waals surface area contributed by atoms with Gasteiger partial charge in [-0.25, -0.2) is 9.59 Å². The molecule has 130 valence electrons. The Morgan fingerprint density at radius 3 is 2.48 bits per heavy atom. The van der Waals surface area contributed by atoms with Crippen LogP contribution in [-0.4, -0.2) is 28.6 Å². The molecule has 0 fully saturated rings. The first-order valence-corrected chi connectivity index (χ1v) is 7.24. The first kappa shape index (κ1) is 17.7. The molecule has 3 N–H and O–H groups in total. The van der Waals surface area contributed by atoms with Crippen molar-refractivity contribution in [3.8, 4) is 5.75 Å². The van der Waals surface area contributed by atoms with Gasteiger partial charge in [0, 0.05) is 6.07 Å². The summed E-state index contributed by atoms with van der Waals surface area (Å²) >= 11 is 0. The van der Waals surface area contributed by atoms with Crippen LogP contribution in [-0.2, 0) is 4.74 Å². The zero-order chi connectivity index (χ0) is 18.4. The molecule has 0 saturated carbocycles. The van der Waals surface area contributed by atoms with Crippen LogP contribution in [0.5, 0.6) is 5.75 Å². The van der Waals surface area contributed by atoms with Crippen molar-refractivity contribution >= 4 is 29.1 Å². The molecule has 2 amide bonds. The second-order valence-electron chi connectivity index (χ2n) is 4.80. The summed E-state index contributed by atoms with van der Waals surface area (Å²) in [6.45, 7) is 1.86. The van der Waals surface area contributed by atoms with Crippen LogP contribution in [0.25, 0.3) is 0 Å². The Kier molecular flexibility index (Phi) is 5.51. The molecule has 2 aromatic carbocycles. The zero-order valence-corrected chi connectivity index (χ0v) is 13.2. The van der Waals surface area contributed by atoms with E-state index in [0.717, 1.165) is 12.1 Å². The predicted octanol–water partition coefficient (Wildman–Crippen LogP) is 3.12. The van der Waals surface area contributed by atoms with Gasteiger partial charge in [-0.05, 0) is 25.1 Å². The third-order valence-corrected chi connectivity index (χ3v) is 3.11. The number of para-hydroxylation sites is 1. The Morgan fingerprint density at radius 2 is 1.84 bits per heavy atom. The number of phenols is 1. The minimum absolute atomic E-state index is 0.0169. The molecular formula is C16H15N3O6. The maximum Gasteiger partial charge on any atom is 0.340 e. The first-order chi connectivity index (χ1) is 11.9. The maximum absolute atomic E-state index is 12.1. The topological polar surface area (TPSA) is 131 Å². The van der Waals surface area contributed by atoms with Crippen molar-refractivity contribution in [3.05, 3.63) is 58.1 Å². The van der Waals surface area contributed by atoms with Crippen molar-refractivity contribution in [1.29, 1.82) is 0 Å². The molecule has 0 aromatic heterocycles. The maximum atomic E-state index is 12.1. The average molecular weight is 345 g/mol. The lowest BCUT2D eigenvalue weighted by atomic mass is 10.2. The van der Waals surface area contributed by atoms with Crippen molar-refractivity contribution < 1.29 is 24.4 Å². The SMILES string of the molecule is CCOC(=O)c1ccccc1NC(=O)Nc1ccc([N+](=O)[O-])cc1O. The second kappa shape index (κ2) is 7.77. The summed E-state index contributed by atoms with van der Waals surface area (Å²) in [5.74, 6) is -1.04. The van der Waals surface area contributed by atoms with Crippen molar-refractivity contribution in [1.82, 2.24) is 0 Å². The molecule has 25 heavy (non-hydrogen) atoms. The number of phenolic OH excluding ortho intramolecular Hbond substituents is 1. The van der Waals surface area contributed by atoms with Gasteiger partial charge in [-0.15, -0.1) is 0 Å². The van der Waals surface area contributed by atoms with Crippen LogP contribution in [0.3, 0.4) is 0 Å². The van der Waals surface area contributed by atoms with E-state index in [9.17, 15) is 24.8 Å². The number of esters is 1. The van der Waals surface area contributed by atoms with Gasteiger partial charge in [0.25, 0.3) is 5.69 Å². The molecule has 0 aliphatic rings. The molecule has 9 heteroatoms. The lowest BCUT2D eigenvalue weighted by molar-refractivity contribution is -0.384. The number of nitrogens with one attached hydrogen (secondary N) is 2. The fourth-order valence-electron chi connectivity index (χ4n) is 1.99. The van der Waals surface area contributed by atoms with E-state index in [1.807, 2.05) is 0 Å². The van der Waals surface area contributed by atoms with E-state index >= 15 is 0 Å². The van der Waals surface area contributed by atoms with Crippen molar-refractivity contribution in [2.24, 2.45) is 0 Å². The Hall–Kier alpha value is -3.62. The van der Waals surface area contributed by atoms with Crippen molar-refractivity contribution in [2.75, 3.05) is 17.2 Å². The Labute approximate surface area is 142 Å². The molecule has 0 aliphatic heterocycles. The monoisotopic (exact) mass is 345 g/mol. The third-order valence-electron chi connectivity index (χ3n) is 3.11. The number of hydrogen-bond donors (Lipinski definition) is 3. The summed E-state index contributed by atoms with van der Waals surface area (Å²) < 4.78 is 4.91. The van der Waals surface area contributed by atoms with E-state index in [0.29, 0.717) is 0 Å². The number of urea groups is 1. The number of benzene rings is 2. The van der Waals surface area contributed by atoms with Gasteiger partial charge >= 0.3 is 12.0 Å². The fourth-order valence-corrected chi connectivity index (χ4v) is 1.99. The van der Waals surface area contributed by atoms with Crippen LogP contribution in [0, 0.1) is 10.1 Å². The summed E-state index contributed by atoms with van der Waals surface area (Å²) in [4.78, 5) is 33.9. The van der Waals surface area contributed by atoms with Crippen LogP contribution < -0.4 is 10.6 Å². The van der Waals surface area contributed by atoms with E-state index in [1.54, 1.807) is 19.1 Å². The van der Waals surface area contributed by atoms with Gasteiger partial charge in [-0.3, -0.25) is 10.1 Å². The molecule has 0 atom stereocenters. The molecule has 0 radical (unpaired) electrons. The number of nitro groups is 1. The highest BCUT2D eigenvalue weighted by molar-refractivity contribution is 6.05. The quantitative estimate of drug-likeness (QED) is 0.330. The Bertz CT molecular complexity index is 821. The number of rotatable bonds is 5. The molecule has 0 saturated heterocycles. The molecule has 0 unspecified atom stereocenters. The molecule has 2 rings (SSSR count). The number of hydrogen-bond acceptors (Lipinski definition) is 6. The number of aromatic hydroxyl groups is 1. The van der Waals surface area contributed by atoms with Gasteiger partial charge in [0.1, 0.15) is 5.75 Å². The molecular weight excluding hydrogens is 330 g/mol. The predicted molar refractivity (Wildman–Crippen MR) is 89.8 cm³/mol. The highest BCUT2D eigenvalue weighted by Gasteiger charge is 2.16. The van der Waals surface area contributed by atoms with Gasteiger partial charge in [-0.1, -0.05) is 12.1 Å². The number of carbonyl (C=O) groups is 2. The molecule has 2 aromatic rings. The molecule has 0 aliphatic carbocycles. The van der Waals surface area contributed by atoms with E-state index in [1.165, 1.54) is 18.2 Å². The van der Waals surface area contributed by atoms with Crippen molar-refractivity contribution in [2.45, 2.75) is 6.92 Å². The van der Waals surface area contributed by atoms with Gasteiger partial charge < -0.3 is 20.5 Å². The van der Waals surface area contributed by atoms with Crippen LogP contribution >= 0.6 is 0 Å². The zero-order valence-electron chi connectivity index (χ0n) is 13.2.